The van der Waals surface area contributed by atoms with Gasteiger partial charge in [-0.25, -0.2) is 0 Å². The molecule has 0 aromatic carbocycles. The number of nitrogens with zero attached hydrogens (tertiary/aromatic N) is 2. The van der Waals surface area contributed by atoms with Crippen molar-refractivity contribution in [3.63, 3.8) is 0 Å². The standard InChI is InChI=1S/C17H19N5O4/c23-14-4-3-10(19-14)8-18-16(24)15-11-5-6-22(9-12(11)20-21-15)17(25)13-2-1-7-26-13/h1-2,7,10H,3-6,8-9H2,(H,18,24)(H,19,23)(H,20,21). The Kier molecular flexibility index (Phi) is 4.19. The smallest absolute Gasteiger partial charge is 0.289 e. The maximum Gasteiger partial charge on any atom is 0.289 e. The fourth-order valence-corrected chi connectivity index (χ4v) is 3.37. The SMILES string of the molecule is O=C1CCC(CNC(=O)c2n[nH]c3c2CCN(C(=O)c2ccco2)C3)N1. The van der Waals surface area contributed by atoms with Crippen LogP contribution >= 0.6 is 0 Å². The van der Waals surface area contributed by atoms with E-state index in [1.165, 1.54) is 6.26 Å². The van der Waals surface area contributed by atoms with Gasteiger partial charge in [-0.2, -0.15) is 5.10 Å². The molecule has 2 aliphatic heterocycles. The van der Waals surface area contributed by atoms with E-state index in [2.05, 4.69) is 20.8 Å². The predicted molar refractivity (Wildman–Crippen MR) is 89.2 cm³/mol. The Morgan fingerprint density at radius 2 is 2.27 bits per heavy atom. The lowest BCUT2D eigenvalue weighted by atomic mass is 10.0. The summed E-state index contributed by atoms with van der Waals surface area (Å²) < 4.78 is 5.16. The first-order chi connectivity index (χ1) is 12.6. The molecule has 26 heavy (non-hydrogen) atoms. The summed E-state index contributed by atoms with van der Waals surface area (Å²) in [5.41, 5.74) is 1.95. The van der Waals surface area contributed by atoms with Crippen LogP contribution in [-0.4, -0.2) is 52.0 Å². The summed E-state index contributed by atoms with van der Waals surface area (Å²) >= 11 is 0. The van der Waals surface area contributed by atoms with Crippen LogP contribution in [0.3, 0.4) is 0 Å². The summed E-state index contributed by atoms with van der Waals surface area (Å²) in [6.07, 6.45) is 3.23. The van der Waals surface area contributed by atoms with Gasteiger partial charge in [0.2, 0.25) is 5.91 Å². The number of H-pyrrole nitrogens is 1. The van der Waals surface area contributed by atoms with Gasteiger partial charge in [-0.05, 0) is 25.0 Å². The Labute approximate surface area is 149 Å². The van der Waals surface area contributed by atoms with Crippen molar-refractivity contribution in [2.24, 2.45) is 0 Å². The molecule has 0 aliphatic carbocycles. The summed E-state index contributed by atoms with van der Waals surface area (Å²) in [7, 11) is 0. The third-order valence-electron chi connectivity index (χ3n) is 4.76. The Balaban J connectivity index is 1.40. The average Bonchev–Trinajstić information content (AvgIpc) is 3.39. The predicted octanol–water partition coefficient (Wildman–Crippen LogP) is 0.210. The average molecular weight is 357 g/mol. The first-order valence-electron chi connectivity index (χ1n) is 8.58. The van der Waals surface area contributed by atoms with E-state index in [1.807, 2.05) is 0 Å². The van der Waals surface area contributed by atoms with Crippen LogP contribution in [0.2, 0.25) is 0 Å². The molecule has 1 atom stereocenters. The third kappa shape index (κ3) is 3.07. The highest BCUT2D eigenvalue weighted by Crippen LogP contribution is 2.22. The van der Waals surface area contributed by atoms with Crippen LogP contribution in [0.4, 0.5) is 0 Å². The lowest BCUT2D eigenvalue weighted by Gasteiger charge is -2.26. The zero-order chi connectivity index (χ0) is 18.1. The van der Waals surface area contributed by atoms with E-state index in [0.717, 1.165) is 17.7 Å². The Morgan fingerprint density at radius 3 is 3.00 bits per heavy atom. The van der Waals surface area contributed by atoms with Crippen molar-refractivity contribution in [3.05, 3.63) is 41.1 Å². The van der Waals surface area contributed by atoms with E-state index in [9.17, 15) is 14.4 Å². The molecule has 9 heteroatoms. The molecule has 0 saturated carbocycles. The molecule has 4 rings (SSSR count). The normalized spacial score (nSPS) is 19.2. The Morgan fingerprint density at radius 1 is 1.38 bits per heavy atom. The number of aromatic nitrogens is 2. The van der Waals surface area contributed by atoms with Gasteiger partial charge in [-0.1, -0.05) is 0 Å². The van der Waals surface area contributed by atoms with Crippen LogP contribution in [0.1, 0.15) is 45.1 Å². The lowest BCUT2D eigenvalue weighted by Crippen LogP contribution is -2.39. The van der Waals surface area contributed by atoms with Gasteiger partial charge in [0.15, 0.2) is 11.5 Å². The molecular formula is C17H19N5O4. The first-order valence-corrected chi connectivity index (χ1v) is 8.58. The number of fused-ring (bicyclic) bond motifs is 1. The Hall–Kier alpha value is -3.10. The zero-order valence-corrected chi connectivity index (χ0v) is 14.1. The third-order valence-corrected chi connectivity index (χ3v) is 4.76. The molecule has 2 aromatic heterocycles. The summed E-state index contributed by atoms with van der Waals surface area (Å²) in [4.78, 5) is 37.7. The number of amides is 3. The van der Waals surface area contributed by atoms with Crippen LogP contribution in [0.15, 0.2) is 22.8 Å². The van der Waals surface area contributed by atoms with Gasteiger partial charge in [0.05, 0.1) is 18.5 Å². The molecule has 9 nitrogen and oxygen atoms in total. The largest absolute Gasteiger partial charge is 0.459 e. The minimum atomic E-state index is -0.269. The monoisotopic (exact) mass is 357 g/mol. The van der Waals surface area contributed by atoms with Gasteiger partial charge >= 0.3 is 0 Å². The molecule has 2 aromatic rings. The number of carbonyl (C=O) groups excluding carboxylic acids is 3. The number of carbonyl (C=O) groups is 3. The molecule has 0 bridgehead atoms. The number of hydrogen-bond acceptors (Lipinski definition) is 5. The van der Waals surface area contributed by atoms with Gasteiger partial charge in [0.25, 0.3) is 11.8 Å². The fraction of sp³-hybridized carbons (Fsp3) is 0.412. The van der Waals surface area contributed by atoms with Crippen molar-refractivity contribution < 1.29 is 18.8 Å². The number of hydrogen-bond donors (Lipinski definition) is 3. The highest BCUT2D eigenvalue weighted by Gasteiger charge is 2.29. The van der Waals surface area contributed by atoms with Gasteiger partial charge in [0, 0.05) is 31.1 Å². The quantitative estimate of drug-likeness (QED) is 0.722. The van der Waals surface area contributed by atoms with Crippen LogP contribution in [0.5, 0.6) is 0 Å². The number of furan rings is 1. The van der Waals surface area contributed by atoms with Crippen LogP contribution in [-0.2, 0) is 17.8 Å². The molecule has 0 radical (unpaired) electrons. The summed E-state index contributed by atoms with van der Waals surface area (Å²) in [6, 6.07) is 3.28. The first kappa shape index (κ1) is 16.4. The van der Waals surface area contributed by atoms with Crippen molar-refractivity contribution in [3.8, 4) is 0 Å². The van der Waals surface area contributed by atoms with Gasteiger partial charge in [-0.15, -0.1) is 0 Å². The highest BCUT2D eigenvalue weighted by atomic mass is 16.3. The zero-order valence-electron chi connectivity index (χ0n) is 14.1. The minimum absolute atomic E-state index is 0.0164. The van der Waals surface area contributed by atoms with Crippen molar-refractivity contribution in [1.82, 2.24) is 25.7 Å². The van der Waals surface area contributed by atoms with E-state index >= 15 is 0 Å². The molecule has 4 heterocycles. The topological polar surface area (TPSA) is 120 Å². The molecule has 1 unspecified atom stereocenters. The second-order valence-electron chi connectivity index (χ2n) is 6.50. The van der Waals surface area contributed by atoms with Crippen molar-refractivity contribution in [2.45, 2.75) is 31.8 Å². The van der Waals surface area contributed by atoms with Gasteiger partial charge in [0.1, 0.15) is 0 Å². The fourth-order valence-electron chi connectivity index (χ4n) is 3.37. The maximum atomic E-state index is 12.4. The second-order valence-corrected chi connectivity index (χ2v) is 6.50. The van der Waals surface area contributed by atoms with E-state index in [-0.39, 0.29) is 23.8 Å². The molecule has 1 saturated heterocycles. The van der Waals surface area contributed by atoms with Gasteiger partial charge < -0.3 is 20.0 Å². The molecule has 0 spiro atoms. The Bertz CT molecular complexity index is 841. The summed E-state index contributed by atoms with van der Waals surface area (Å²) in [6.45, 7) is 1.23. The van der Waals surface area contributed by atoms with E-state index < -0.39 is 0 Å². The van der Waals surface area contributed by atoms with Crippen molar-refractivity contribution in [1.29, 1.82) is 0 Å². The van der Waals surface area contributed by atoms with E-state index in [4.69, 9.17) is 4.42 Å². The van der Waals surface area contributed by atoms with E-state index in [0.29, 0.717) is 43.9 Å². The van der Waals surface area contributed by atoms with Crippen LogP contribution in [0.25, 0.3) is 0 Å². The highest BCUT2D eigenvalue weighted by molar-refractivity contribution is 5.95. The lowest BCUT2D eigenvalue weighted by molar-refractivity contribution is -0.119. The molecule has 3 amide bonds. The number of aromatic amines is 1. The molecule has 3 N–H and O–H groups in total. The molecule has 136 valence electrons. The molecular weight excluding hydrogens is 338 g/mol. The van der Waals surface area contributed by atoms with Crippen LogP contribution < -0.4 is 10.6 Å². The van der Waals surface area contributed by atoms with Crippen LogP contribution in [0, 0.1) is 0 Å². The number of nitrogens with one attached hydrogen (secondary N) is 3. The van der Waals surface area contributed by atoms with Crippen molar-refractivity contribution >= 4 is 17.7 Å². The van der Waals surface area contributed by atoms with E-state index in [1.54, 1.807) is 17.0 Å². The number of rotatable bonds is 4. The summed E-state index contributed by atoms with van der Waals surface area (Å²) in [5.74, 6) is -0.139. The summed E-state index contributed by atoms with van der Waals surface area (Å²) in [5, 5.41) is 12.6. The molecule has 2 aliphatic rings. The maximum absolute atomic E-state index is 12.4. The van der Waals surface area contributed by atoms with Gasteiger partial charge in [-0.3, -0.25) is 19.5 Å². The minimum Gasteiger partial charge on any atom is -0.459 e. The second kappa shape index (κ2) is 6.66. The molecule has 1 fully saturated rings. The van der Waals surface area contributed by atoms with Crippen molar-refractivity contribution in [2.75, 3.05) is 13.1 Å².